The molecule has 1 unspecified atom stereocenters. The van der Waals surface area contributed by atoms with Gasteiger partial charge in [-0.15, -0.1) is 0 Å². The summed E-state index contributed by atoms with van der Waals surface area (Å²) in [4.78, 5) is 1.91. The van der Waals surface area contributed by atoms with Gasteiger partial charge in [-0.1, -0.05) is 170 Å². The topological polar surface area (TPSA) is 16.4 Å². The van der Waals surface area contributed by atoms with Gasteiger partial charge in [0.05, 0.1) is 11.2 Å². The van der Waals surface area contributed by atoms with Gasteiger partial charge in [0.15, 0.2) is 0 Å². The number of para-hydroxylation sites is 1. The first-order valence-electron chi connectivity index (χ1n) is 22.5. The number of hydrogen-bond donors (Lipinski definition) is 0. The Balaban J connectivity index is 1.04. The molecule has 1 heterocycles. The van der Waals surface area contributed by atoms with Crippen LogP contribution in [-0.2, 0) is 0 Å². The summed E-state index contributed by atoms with van der Waals surface area (Å²) < 4.78 is 45.3. The summed E-state index contributed by atoms with van der Waals surface area (Å²) >= 11 is 0. The molecule has 1 aromatic heterocycles. The third-order valence-electron chi connectivity index (χ3n) is 12.2. The first-order chi connectivity index (χ1) is 31.4. The van der Waals surface area contributed by atoms with Crippen LogP contribution in [0.25, 0.3) is 88.7 Å². The predicted octanol–water partition coefficient (Wildman–Crippen LogP) is 14.6. The average molecular weight is 770 g/mol. The lowest BCUT2D eigenvalue weighted by Crippen LogP contribution is -2.29. The Hall–Kier alpha value is -7.68. The van der Waals surface area contributed by atoms with E-state index in [9.17, 15) is 5.48 Å². The van der Waals surface area contributed by atoms with Gasteiger partial charge < -0.3 is 9.32 Å². The fraction of sp³-hybridized carbons (Fsp3) is 0.0345. The largest absolute Gasteiger partial charge is 0.455 e. The number of nitrogens with zero attached hydrogens (tertiary/aromatic N) is 1. The van der Waals surface area contributed by atoms with Crippen molar-refractivity contribution in [2.24, 2.45) is 0 Å². The second-order valence-corrected chi connectivity index (χ2v) is 15.7. The highest BCUT2D eigenvalue weighted by Gasteiger charge is 2.20. The van der Waals surface area contributed by atoms with E-state index in [2.05, 4.69) is 127 Å². The maximum absolute atomic E-state index is 9.79. The first kappa shape index (κ1) is 30.4. The number of furan rings is 1. The van der Waals surface area contributed by atoms with Gasteiger partial charge in [0.1, 0.15) is 11.2 Å². The van der Waals surface area contributed by atoms with Crippen LogP contribution in [0.1, 0.15) is 23.4 Å². The lowest BCUT2D eigenvalue weighted by atomic mass is 9.89. The zero-order chi connectivity index (χ0) is 43.1. The van der Waals surface area contributed by atoms with E-state index in [-0.39, 0.29) is 35.8 Å². The molecule has 60 heavy (non-hydrogen) atoms. The van der Waals surface area contributed by atoms with Crippen molar-refractivity contribution in [2.45, 2.75) is 12.3 Å². The maximum Gasteiger partial charge on any atom is 0.143 e. The summed E-state index contributed by atoms with van der Waals surface area (Å²) in [5, 5.41) is 11.0. The summed E-state index contributed by atoms with van der Waals surface area (Å²) in [6, 6.07) is 61.9. The van der Waals surface area contributed by atoms with Crippen molar-refractivity contribution in [3.8, 4) is 22.3 Å². The van der Waals surface area contributed by atoms with Gasteiger partial charge in [-0.3, -0.25) is 0 Å². The van der Waals surface area contributed by atoms with E-state index in [1.807, 2.05) is 71.6 Å². The van der Waals surface area contributed by atoms with Gasteiger partial charge in [0, 0.05) is 39.0 Å². The Morgan fingerprint density at radius 1 is 0.483 bits per heavy atom. The molecule has 12 rings (SSSR count). The standard InChI is InChI=1S/C58H39NO/c1-4-14-48-39(10-1)13-9-18-50(48)42-24-31-47(32-25-42)59(46-29-22-38(23-30-46)43-27-33-51-44(36-43)21-20-40-11-2-5-15-49(40)51)56-19-8-7-16-52(56)45-28-35-57-55(37-45)54-34-26-41-12-3-6-17-53(41)58(54)60-57/h1-26,28-37,43H,27H2/i22D,23D,29D,30D. The Labute approximate surface area is 353 Å². The molecule has 0 N–H and O–H groups in total. The monoisotopic (exact) mass is 769 g/mol. The fourth-order valence-corrected chi connectivity index (χ4v) is 9.27. The smallest absolute Gasteiger partial charge is 0.143 e. The van der Waals surface area contributed by atoms with Crippen molar-refractivity contribution in [2.75, 3.05) is 4.90 Å². The van der Waals surface area contributed by atoms with E-state index in [0.717, 1.165) is 87.2 Å². The Kier molecular flexibility index (Phi) is 7.10. The van der Waals surface area contributed by atoms with Gasteiger partial charge in [-0.25, -0.2) is 0 Å². The summed E-state index contributed by atoms with van der Waals surface area (Å²) in [6.45, 7) is 0. The van der Waals surface area contributed by atoms with Crippen LogP contribution in [0.15, 0.2) is 211 Å². The predicted molar refractivity (Wildman–Crippen MR) is 254 cm³/mol. The van der Waals surface area contributed by atoms with Gasteiger partial charge >= 0.3 is 0 Å². The number of hydrogen-bond acceptors (Lipinski definition) is 2. The molecular formula is C58H39NO. The number of anilines is 3. The lowest BCUT2D eigenvalue weighted by Gasteiger charge is -2.28. The third-order valence-corrected chi connectivity index (χ3v) is 12.2. The van der Waals surface area contributed by atoms with E-state index in [1.165, 1.54) is 5.39 Å². The number of benzene rings is 10. The molecule has 282 valence electrons. The second kappa shape index (κ2) is 14.0. The molecule has 0 spiro atoms. The van der Waals surface area contributed by atoms with E-state index in [4.69, 9.17) is 4.42 Å². The van der Waals surface area contributed by atoms with Crippen molar-refractivity contribution < 1.29 is 9.90 Å². The van der Waals surface area contributed by atoms with Gasteiger partial charge in [0.25, 0.3) is 0 Å². The minimum Gasteiger partial charge on any atom is -0.455 e. The normalized spacial score (nSPS) is 14.6. The lowest BCUT2D eigenvalue weighted by molar-refractivity contribution is 0.672. The molecule has 0 bridgehead atoms. The molecule has 2 nitrogen and oxygen atoms in total. The fourth-order valence-electron chi connectivity index (χ4n) is 9.27. The van der Waals surface area contributed by atoms with Crippen LogP contribution in [0, 0.1) is 0 Å². The Bertz CT molecular complexity index is 3800. The highest BCUT2D eigenvalue weighted by molar-refractivity contribution is 6.15. The van der Waals surface area contributed by atoms with Crippen LogP contribution in [0.3, 0.4) is 0 Å². The van der Waals surface area contributed by atoms with Crippen LogP contribution in [0.2, 0.25) is 0 Å². The molecule has 0 fully saturated rings. The summed E-state index contributed by atoms with van der Waals surface area (Å²) in [5.41, 5.74) is 7.61. The van der Waals surface area contributed by atoms with Crippen molar-refractivity contribution in [1.82, 2.24) is 0 Å². The maximum atomic E-state index is 9.79. The minimum absolute atomic E-state index is 0.0386. The van der Waals surface area contributed by atoms with E-state index in [1.54, 1.807) is 0 Å². The molecule has 0 amide bonds. The molecule has 10 aromatic carbocycles. The number of fused-ring (bicyclic) bond motifs is 9. The molecule has 1 aliphatic rings. The molecule has 0 aliphatic heterocycles. The highest BCUT2D eigenvalue weighted by atomic mass is 16.3. The van der Waals surface area contributed by atoms with Crippen LogP contribution >= 0.6 is 0 Å². The van der Waals surface area contributed by atoms with Crippen molar-refractivity contribution in [3.63, 3.8) is 0 Å². The van der Waals surface area contributed by atoms with Crippen molar-refractivity contribution in [3.05, 3.63) is 222 Å². The number of rotatable bonds is 6. The zero-order valence-electron chi connectivity index (χ0n) is 36.6. The molecule has 1 aliphatic carbocycles. The van der Waals surface area contributed by atoms with Crippen LogP contribution < -0.4 is 15.3 Å². The molecule has 0 radical (unpaired) electrons. The van der Waals surface area contributed by atoms with E-state index >= 15 is 0 Å². The summed E-state index contributed by atoms with van der Waals surface area (Å²) in [7, 11) is 0. The van der Waals surface area contributed by atoms with Gasteiger partial charge in [-0.2, -0.15) is 0 Å². The molecule has 11 aromatic rings. The van der Waals surface area contributed by atoms with Crippen LogP contribution in [-0.4, -0.2) is 0 Å². The Morgan fingerprint density at radius 2 is 1.13 bits per heavy atom. The quantitative estimate of drug-likeness (QED) is 0.167. The minimum atomic E-state index is -0.328. The third kappa shape index (κ3) is 5.72. The first-order valence-corrected chi connectivity index (χ1v) is 20.5. The van der Waals surface area contributed by atoms with Crippen LogP contribution in [0.4, 0.5) is 17.1 Å². The molecule has 0 saturated carbocycles. The van der Waals surface area contributed by atoms with Crippen molar-refractivity contribution >= 4 is 83.5 Å². The summed E-state index contributed by atoms with van der Waals surface area (Å²) in [6.07, 6.45) is 4.87. The molecule has 1 atom stereocenters. The molecule has 2 heteroatoms. The SMILES string of the molecule is [2H]c1c([2H])c(N(c2ccc(-c3cccc4ccccc34)cc2)c2ccccc2-c2ccc3oc4c5ccccc5ccc4c3c2)c([2H])c([2H])c1C1C=c2ccc3ccccc3c2=CC1. The zero-order valence-corrected chi connectivity index (χ0v) is 32.6. The van der Waals surface area contributed by atoms with Crippen LogP contribution in [0.5, 0.6) is 0 Å². The van der Waals surface area contributed by atoms with E-state index in [0.29, 0.717) is 17.7 Å². The van der Waals surface area contributed by atoms with Crippen molar-refractivity contribution in [1.29, 1.82) is 0 Å². The van der Waals surface area contributed by atoms with Gasteiger partial charge in [0.2, 0.25) is 0 Å². The summed E-state index contributed by atoms with van der Waals surface area (Å²) in [5.74, 6) is -0.328. The average Bonchev–Trinajstić information content (AvgIpc) is 3.73. The Morgan fingerprint density at radius 3 is 1.97 bits per heavy atom. The second-order valence-electron chi connectivity index (χ2n) is 15.7. The molecular weight excluding hydrogens is 727 g/mol. The molecule has 0 saturated heterocycles. The highest BCUT2D eigenvalue weighted by Crippen LogP contribution is 2.44. The van der Waals surface area contributed by atoms with Gasteiger partial charge in [-0.05, 0) is 115 Å². The van der Waals surface area contributed by atoms with E-state index < -0.39 is 0 Å².